The maximum Gasteiger partial charge on any atom is 0.253 e. The number of nitrogens with one attached hydrogen (secondary N) is 1. The fourth-order valence-electron chi connectivity index (χ4n) is 2.78. The topological polar surface area (TPSA) is 66.5 Å². The molecule has 1 aromatic carbocycles. The summed E-state index contributed by atoms with van der Waals surface area (Å²) in [5.41, 5.74) is 0.558. The summed E-state index contributed by atoms with van der Waals surface area (Å²) in [6.45, 7) is 4.13. The summed E-state index contributed by atoms with van der Waals surface area (Å²) in [6, 6.07) is 6.29. The first-order valence-corrected chi connectivity index (χ1v) is 9.40. The minimum absolute atomic E-state index is 0.0108. The van der Waals surface area contributed by atoms with Crippen LogP contribution >= 0.6 is 0 Å². The first-order valence-electron chi connectivity index (χ1n) is 7.74. The Morgan fingerprint density at radius 1 is 1.23 bits per heavy atom. The van der Waals surface area contributed by atoms with E-state index in [0.29, 0.717) is 11.5 Å². The summed E-state index contributed by atoms with van der Waals surface area (Å²) in [5, 5.41) is 3.18. The number of amides is 1. The first-order chi connectivity index (χ1) is 10.5. The Morgan fingerprint density at radius 2 is 1.82 bits per heavy atom. The number of hydrogen-bond donors (Lipinski definition) is 1. The number of carbonyl (C=O) groups is 1. The van der Waals surface area contributed by atoms with Gasteiger partial charge in [-0.25, -0.2) is 8.42 Å². The van der Waals surface area contributed by atoms with Crippen molar-refractivity contribution in [3.8, 4) is 0 Å². The number of rotatable bonds is 5. The van der Waals surface area contributed by atoms with Crippen LogP contribution < -0.4 is 5.32 Å². The smallest absolute Gasteiger partial charge is 0.253 e. The number of sulfone groups is 1. The second-order valence-corrected chi connectivity index (χ2v) is 8.00. The van der Waals surface area contributed by atoms with E-state index in [0.717, 1.165) is 32.5 Å². The maximum absolute atomic E-state index is 12.5. The second-order valence-electron chi connectivity index (χ2n) is 5.72. The summed E-state index contributed by atoms with van der Waals surface area (Å²) in [5.74, 6) is 0.689. The number of piperidine rings is 1. The molecule has 1 fully saturated rings. The molecule has 0 radical (unpaired) electrons. The molecule has 1 aromatic rings. The molecule has 1 aliphatic heterocycles. The van der Waals surface area contributed by atoms with E-state index in [9.17, 15) is 13.2 Å². The molecule has 0 saturated carbocycles. The van der Waals surface area contributed by atoms with E-state index in [2.05, 4.69) is 5.32 Å². The van der Waals surface area contributed by atoms with E-state index in [1.807, 2.05) is 11.9 Å². The molecule has 0 spiro atoms. The van der Waals surface area contributed by atoms with E-state index in [4.69, 9.17) is 0 Å². The molecule has 1 heterocycles. The van der Waals surface area contributed by atoms with Gasteiger partial charge in [-0.2, -0.15) is 0 Å². The van der Waals surface area contributed by atoms with E-state index in [-0.39, 0.29) is 16.6 Å². The van der Waals surface area contributed by atoms with Crippen LogP contribution in [0.5, 0.6) is 0 Å². The number of likely N-dealkylation sites (tertiary alicyclic amines) is 1. The molecular weight excluding hydrogens is 300 g/mol. The van der Waals surface area contributed by atoms with Gasteiger partial charge < -0.3 is 10.2 Å². The highest BCUT2D eigenvalue weighted by Crippen LogP contribution is 2.19. The largest absolute Gasteiger partial charge is 0.339 e. The summed E-state index contributed by atoms with van der Waals surface area (Å²) in [6.07, 6.45) is 2.02. The van der Waals surface area contributed by atoms with Crippen LogP contribution in [0.2, 0.25) is 0 Å². The van der Waals surface area contributed by atoms with Crippen LogP contribution in [0.25, 0.3) is 0 Å². The van der Waals surface area contributed by atoms with Gasteiger partial charge in [-0.1, -0.05) is 6.92 Å². The van der Waals surface area contributed by atoms with Gasteiger partial charge in [-0.05, 0) is 56.6 Å². The minimum atomic E-state index is -3.21. The Morgan fingerprint density at radius 3 is 2.32 bits per heavy atom. The normalized spacial score (nSPS) is 16.7. The Bertz CT molecular complexity index is 603. The van der Waals surface area contributed by atoms with Crippen LogP contribution in [0, 0.1) is 5.92 Å². The van der Waals surface area contributed by atoms with Gasteiger partial charge in [0, 0.05) is 18.7 Å². The van der Waals surface area contributed by atoms with Crippen molar-refractivity contribution in [2.24, 2.45) is 5.92 Å². The van der Waals surface area contributed by atoms with Crippen molar-refractivity contribution in [3.63, 3.8) is 0 Å². The number of carbonyl (C=O) groups excluding carboxylic acids is 1. The number of hydrogen-bond acceptors (Lipinski definition) is 4. The third-order valence-corrected chi connectivity index (χ3v) is 5.99. The zero-order valence-electron chi connectivity index (χ0n) is 13.2. The molecule has 0 atom stereocenters. The molecular formula is C16H24N2O3S. The van der Waals surface area contributed by atoms with Gasteiger partial charge in [0.2, 0.25) is 0 Å². The molecule has 1 N–H and O–H groups in total. The van der Waals surface area contributed by atoms with E-state index in [1.165, 1.54) is 12.1 Å². The van der Waals surface area contributed by atoms with Crippen molar-refractivity contribution >= 4 is 15.7 Å². The second kappa shape index (κ2) is 7.24. The Balaban J connectivity index is 2.02. The van der Waals surface area contributed by atoms with Crippen LogP contribution in [0.3, 0.4) is 0 Å². The molecule has 2 rings (SSSR count). The molecule has 1 saturated heterocycles. The molecule has 122 valence electrons. The van der Waals surface area contributed by atoms with Crippen molar-refractivity contribution in [3.05, 3.63) is 29.8 Å². The van der Waals surface area contributed by atoms with Crippen LogP contribution in [0.4, 0.5) is 0 Å². The van der Waals surface area contributed by atoms with Crippen LogP contribution in [-0.4, -0.2) is 51.7 Å². The molecule has 5 nitrogen and oxygen atoms in total. The SMILES string of the molecule is CCS(=O)(=O)c1ccc(C(=O)N2CCC(CNC)CC2)cc1. The van der Waals surface area contributed by atoms with E-state index < -0.39 is 9.84 Å². The van der Waals surface area contributed by atoms with Crippen molar-refractivity contribution < 1.29 is 13.2 Å². The Labute approximate surface area is 132 Å². The minimum Gasteiger partial charge on any atom is -0.339 e. The standard InChI is InChI=1S/C16H24N2O3S/c1-3-22(20,21)15-6-4-14(5-7-15)16(19)18-10-8-13(9-11-18)12-17-2/h4-7,13,17H,3,8-12H2,1-2H3. The molecule has 22 heavy (non-hydrogen) atoms. The Hall–Kier alpha value is -1.40. The lowest BCUT2D eigenvalue weighted by Crippen LogP contribution is -2.40. The molecule has 0 bridgehead atoms. The fourth-order valence-corrected chi connectivity index (χ4v) is 3.67. The third-order valence-electron chi connectivity index (χ3n) is 4.23. The van der Waals surface area contributed by atoms with Crippen molar-refractivity contribution in [1.29, 1.82) is 0 Å². The van der Waals surface area contributed by atoms with E-state index >= 15 is 0 Å². The summed E-state index contributed by atoms with van der Waals surface area (Å²) < 4.78 is 23.6. The summed E-state index contributed by atoms with van der Waals surface area (Å²) in [7, 11) is -1.26. The van der Waals surface area contributed by atoms with Gasteiger partial charge >= 0.3 is 0 Å². The third kappa shape index (κ3) is 3.87. The Kier molecular flexibility index (Phi) is 5.58. The molecule has 1 aliphatic rings. The quantitative estimate of drug-likeness (QED) is 0.892. The van der Waals surface area contributed by atoms with Gasteiger partial charge in [0.15, 0.2) is 9.84 Å². The van der Waals surface area contributed by atoms with Gasteiger partial charge in [0.05, 0.1) is 10.6 Å². The van der Waals surface area contributed by atoms with Crippen LogP contribution in [0.1, 0.15) is 30.1 Å². The molecule has 0 aromatic heterocycles. The average molecular weight is 324 g/mol. The predicted molar refractivity (Wildman–Crippen MR) is 86.7 cm³/mol. The fraction of sp³-hybridized carbons (Fsp3) is 0.562. The van der Waals surface area contributed by atoms with Gasteiger partial charge in [0.25, 0.3) is 5.91 Å². The molecule has 6 heteroatoms. The highest BCUT2D eigenvalue weighted by molar-refractivity contribution is 7.91. The van der Waals surface area contributed by atoms with Crippen molar-refractivity contribution in [2.45, 2.75) is 24.7 Å². The zero-order chi connectivity index (χ0) is 16.2. The summed E-state index contributed by atoms with van der Waals surface area (Å²) >= 11 is 0. The van der Waals surface area contributed by atoms with Gasteiger partial charge in [-0.3, -0.25) is 4.79 Å². The lowest BCUT2D eigenvalue weighted by molar-refractivity contribution is 0.0691. The highest BCUT2D eigenvalue weighted by Gasteiger charge is 2.23. The maximum atomic E-state index is 12.5. The number of nitrogens with zero attached hydrogens (tertiary/aromatic N) is 1. The number of benzene rings is 1. The van der Waals surface area contributed by atoms with Crippen LogP contribution in [0.15, 0.2) is 29.2 Å². The van der Waals surface area contributed by atoms with E-state index in [1.54, 1.807) is 19.1 Å². The lowest BCUT2D eigenvalue weighted by Gasteiger charge is -2.32. The molecule has 0 aliphatic carbocycles. The summed E-state index contributed by atoms with van der Waals surface area (Å²) in [4.78, 5) is 14.6. The average Bonchev–Trinajstić information content (AvgIpc) is 2.55. The van der Waals surface area contributed by atoms with Gasteiger partial charge in [0.1, 0.15) is 0 Å². The molecule has 1 amide bonds. The van der Waals surface area contributed by atoms with Crippen LogP contribution in [-0.2, 0) is 9.84 Å². The highest BCUT2D eigenvalue weighted by atomic mass is 32.2. The van der Waals surface area contributed by atoms with Gasteiger partial charge in [-0.15, -0.1) is 0 Å². The first kappa shape index (κ1) is 17.0. The lowest BCUT2D eigenvalue weighted by atomic mass is 9.96. The van der Waals surface area contributed by atoms with Crippen molar-refractivity contribution in [2.75, 3.05) is 32.4 Å². The predicted octanol–water partition coefficient (Wildman–Crippen LogP) is 1.55. The van der Waals surface area contributed by atoms with Crippen molar-refractivity contribution in [1.82, 2.24) is 10.2 Å². The zero-order valence-corrected chi connectivity index (χ0v) is 14.0. The molecule has 0 unspecified atom stereocenters. The monoisotopic (exact) mass is 324 g/mol.